The number of hydrogen-bond donors (Lipinski definition) is 2. The van der Waals surface area contributed by atoms with Crippen molar-refractivity contribution >= 4 is 17.6 Å². The van der Waals surface area contributed by atoms with Crippen LogP contribution in [0.1, 0.15) is 23.2 Å². The van der Waals surface area contributed by atoms with Crippen molar-refractivity contribution in [3.8, 4) is 0 Å². The van der Waals surface area contributed by atoms with E-state index in [-0.39, 0.29) is 29.9 Å². The Morgan fingerprint density at radius 1 is 1.11 bits per heavy atom. The molecule has 1 heterocycles. The van der Waals surface area contributed by atoms with Gasteiger partial charge in [0.1, 0.15) is 17.5 Å². The first-order chi connectivity index (χ1) is 13.0. The Kier molecular flexibility index (Phi) is 6.08. The monoisotopic (exact) mass is 377 g/mol. The van der Waals surface area contributed by atoms with Crippen LogP contribution in [-0.4, -0.2) is 31.1 Å². The Bertz CT molecular complexity index is 832. The van der Waals surface area contributed by atoms with Crippen LogP contribution in [0.25, 0.3) is 0 Å². The van der Waals surface area contributed by atoms with Crippen LogP contribution < -0.4 is 10.6 Å². The van der Waals surface area contributed by atoms with Crippen LogP contribution >= 0.6 is 0 Å². The lowest BCUT2D eigenvalue weighted by Gasteiger charge is -2.13. The minimum Gasteiger partial charge on any atom is -0.376 e. The number of hydrogen-bond acceptors (Lipinski definition) is 3. The van der Waals surface area contributed by atoms with Crippen LogP contribution in [0.4, 0.5) is 18.9 Å². The predicted molar refractivity (Wildman–Crippen MR) is 95.1 cm³/mol. The molecule has 0 aliphatic carbocycles. The average molecular weight is 377 g/mol. The highest BCUT2D eigenvalue weighted by Gasteiger charge is 2.16. The molecule has 0 saturated carbocycles. The molecule has 0 bridgehead atoms. The highest BCUT2D eigenvalue weighted by atomic mass is 19.1. The van der Waals surface area contributed by atoms with E-state index in [0.717, 1.165) is 37.1 Å². The quantitative estimate of drug-likeness (QED) is 0.633. The molecule has 142 valence electrons. The second kappa shape index (κ2) is 8.68. The van der Waals surface area contributed by atoms with Crippen LogP contribution in [0.5, 0.6) is 0 Å². The first-order valence-corrected chi connectivity index (χ1v) is 8.46. The van der Waals surface area contributed by atoms with Gasteiger partial charge in [0.15, 0.2) is 0 Å². The maximum atomic E-state index is 13.4. The van der Waals surface area contributed by atoms with E-state index in [0.29, 0.717) is 6.61 Å². The number of carbonyl (C=O) groups excluding carboxylic acids is 1. The first kappa shape index (κ1) is 18.9. The van der Waals surface area contributed by atoms with E-state index in [1.54, 1.807) is 0 Å². The largest absolute Gasteiger partial charge is 0.376 e. The van der Waals surface area contributed by atoms with Gasteiger partial charge in [-0.25, -0.2) is 18.2 Å². The van der Waals surface area contributed by atoms with Crippen molar-refractivity contribution in [1.29, 1.82) is 0 Å². The lowest BCUT2D eigenvalue weighted by molar-refractivity contribution is 0.0975. The van der Waals surface area contributed by atoms with Gasteiger partial charge in [-0.3, -0.25) is 10.1 Å². The zero-order valence-electron chi connectivity index (χ0n) is 14.3. The molecule has 1 atom stereocenters. The minimum absolute atomic E-state index is 0.00948. The summed E-state index contributed by atoms with van der Waals surface area (Å²) >= 11 is 0. The zero-order chi connectivity index (χ0) is 19.2. The maximum absolute atomic E-state index is 13.4. The maximum Gasteiger partial charge on any atom is 0.258 e. The fourth-order valence-corrected chi connectivity index (χ4v) is 2.66. The lowest BCUT2D eigenvalue weighted by atomic mass is 10.2. The van der Waals surface area contributed by atoms with Gasteiger partial charge in [-0.05, 0) is 43.2 Å². The lowest BCUT2D eigenvalue weighted by Crippen LogP contribution is -2.36. The number of nitrogens with zero attached hydrogens (tertiary/aromatic N) is 1. The van der Waals surface area contributed by atoms with Gasteiger partial charge in [0.2, 0.25) is 5.96 Å². The Morgan fingerprint density at radius 3 is 2.56 bits per heavy atom. The van der Waals surface area contributed by atoms with Crippen molar-refractivity contribution in [2.24, 2.45) is 4.99 Å². The normalized spacial score (nSPS) is 17.0. The molecule has 5 nitrogen and oxygen atoms in total. The predicted octanol–water partition coefficient (Wildman–Crippen LogP) is 3.48. The van der Waals surface area contributed by atoms with Gasteiger partial charge in [0.05, 0.1) is 12.6 Å². The first-order valence-electron chi connectivity index (χ1n) is 8.46. The summed E-state index contributed by atoms with van der Waals surface area (Å²) in [5, 5.41) is 5.19. The number of carbonyl (C=O) groups is 1. The topological polar surface area (TPSA) is 62.7 Å². The molecule has 1 amide bonds. The van der Waals surface area contributed by atoms with Crippen LogP contribution in [0.15, 0.2) is 47.5 Å². The van der Waals surface area contributed by atoms with Gasteiger partial charge in [-0.15, -0.1) is 0 Å². The molecule has 0 unspecified atom stereocenters. The third kappa shape index (κ3) is 5.55. The van der Waals surface area contributed by atoms with E-state index in [1.807, 2.05) is 0 Å². The number of amides is 1. The molecule has 1 fully saturated rings. The molecule has 27 heavy (non-hydrogen) atoms. The van der Waals surface area contributed by atoms with Gasteiger partial charge < -0.3 is 10.1 Å². The van der Waals surface area contributed by atoms with Gasteiger partial charge in [0, 0.05) is 23.9 Å². The summed E-state index contributed by atoms with van der Waals surface area (Å²) in [6.07, 6.45) is 1.67. The number of benzene rings is 2. The Hall–Kier alpha value is -2.87. The summed E-state index contributed by atoms with van der Waals surface area (Å²) in [6.45, 7) is 0.914. The summed E-state index contributed by atoms with van der Waals surface area (Å²) in [5.74, 6) is -2.71. The molecule has 0 aromatic heterocycles. The SMILES string of the molecule is O=C(NC(=NC[C@H]1CCCO1)Nc1cc(F)cc(F)c1)c1cccc(F)c1. The van der Waals surface area contributed by atoms with Gasteiger partial charge in [-0.2, -0.15) is 0 Å². The van der Waals surface area contributed by atoms with E-state index < -0.39 is 23.4 Å². The smallest absolute Gasteiger partial charge is 0.258 e. The number of nitrogens with one attached hydrogen (secondary N) is 2. The molecule has 2 aromatic carbocycles. The van der Waals surface area contributed by atoms with Gasteiger partial charge in [0.25, 0.3) is 5.91 Å². The van der Waals surface area contributed by atoms with Crippen molar-refractivity contribution in [1.82, 2.24) is 5.32 Å². The standard InChI is InChI=1S/C19H18F3N3O2/c20-13-4-1-3-12(7-13)18(26)25-19(23-11-17-5-2-6-27-17)24-16-9-14(21)8-15(22)10-16/h1,3-4,7-10,17H,2,5-6,11H2,(H2,23,24,25,26)/t17-/m1/s1. The second-order valence-electron chi connectivity index (χ2n) is 6.07. The number of anilines is 1. The third-order valence-corrected chi connectivity index (χ3v) is 3.92. The highest BCUT2D eigenvalue weighted by Crippen LogP contribution is 2.14. The third-order valence-electron chi connectivity index (χ3n) is 3.92. The highest BCUT2D eigenvalue weighted by molar-refractivity contribution is 6.09. The molecule has 1 saturated heterocycles. The fraction of sp³-hybridized carbons (Fsp3) is 0.263. The number of guanidine groups is 1. The number of rotatable bonds is 4. The summed E-state index contributed by atoms with van der Waals surface area (Å²) in [5.41, 5.74) is 0.171. The Labute approximate surface area is 154 Å². The van der Waals surface area contributed by atoms with E-state index in [4.69, 9.17) is 4.74 Å². The molecule has 2 aromatic rings. The molecule has 0 spiro atoms. The summed E-state index contributed by atoms with van der Waals surface area (Å²) in [7, 11) is 0. The number of aliphatic imine (C=N–C) groups is 1. The minimum atomic E-state index is -0.771. The Balaban J connectivity index is 1.77. The molecular weight excluding hydrogens is 359 g/mol. The average Bonchev–Trinajstić information content (AvgIpc) is 3.12. The van der Waals surface area contributed by atoms with Crippen LogP contribution in [-0.2, 0) is 4.74 Å². The van der Waals surface area contributed by atoms with Crippen LogP contribution in [0.3, 0.4) is 0 Å². The number of ether oxygens (including phenoxy) is 1. The van der Waals surface area contributed by atoms with E-state index in [2.05, 4.69) is 15.6 Å². The molecule has 1 aliphatic heterocycles. The Morgan fingerprint density at radius 2 is 1.89 bits per heavy atom. The van der Waals surface area contributed by atoms with E-state index in [1.165, 1.54) is 18.2 Å². The van der Waals surface area contributed by atoms with Crippen molar-refractivity contribution in [3.63, 3.8) is 0 Å². The molecule has 8 heteroatoms. The summed E-state index contributed by atoms with van der Waals surface area (Å²) in [4.78, 5) is 16.6. The molecule has 0 radical (unpaired) electrons. The molecule has 1 aliphatic rings. The van der Waals surface area contributed by atoms with Crippen LogP contribution in [0, 0.1) is 17.5 Å². The summed E-state index contributed by atoms with van der Waals surface area (Å²) in [6, 6.07) is 8.02. The van der Waals surface area contributed by atoms with Crippen molar-refractivity contribution in [2.45, 2.75) is 18.9 Å². The zero-order valence-corrected chi connectivity index (χ0v) is 14.3. The van der Waals surface area contributed by atoms with Crippen LogP contribution in [0.2, 0.25) is 0 Å². The van der Waals surface area contributed by atoms with Crippen molar-refractivity contribution < 1.29 is 22.7 Å². The summed E-state index contributed by atoms with van der Waals surface area (Å²) < 4.78 is 45.6. The van der Waals surface area contributed by atoms with Gasteiger partial charge in [-0.1, -0.05) is 6.07 Å². The number of halogens is 3. The fourth-order valence-electron chi connectivity index (χ4n) is 2.66. The molecule has 3 rings (SSSR count). The molecule has 2 N–H and O–H groups in total. The van der Waals surface area contributed by atoms with E-state index in [9.17, 15) is 18.0 Å². The van der Waals surface area contributed by atoms with Crippen molar-refractivity contribution in [3.05, 3.63) is 65.5 Å². The second-order valence-corrected chi connectivity index (χ2v) is 6.07. The van der Waals surface area contributed by atoms with Gasteiger partial charge >= 0.3 is 0 Å². The molecular formula is C19H18F3N3O2. The van der Waals surface area contributed by atoms with E-state index >= 15 is 0 Å². The van der Waals surface area contributed by atoms with Crippen molar-refractivity contribution in [2.75, 3.05) is 18.5 Å².